The molecule has 0 spiro atoms. The normalized spacial score (nSPS) is 18.4. The Morgan fingerprint density at radius 1 is 1.35 bits per heavy atom. The van der Waals surface area contributed by atoms with Crippen LogP contribution in [0, 0.1) is 0 Å². The van der Waals surface area contributed by atoms with Crippen LogP contribution in [-0.4, -0.2) is 19.3 Å². The number of hydrazine groups is 1. The zero-order chi connectivity index (χ0) is 14.4. The molecule has 1 unspecified atom stereocenters. The van der Waals surface area contributed by atoms with E-state index < -0.39 is 0 Å². The smallest absolute Gasteiger partial charge is 0.124 e. The lowest BCUT2D eigenvalue weighted by Gasteiger charge is -2.42. The van der Waals surface area contributed by atoms with Crippen molar-refractivity contribution >= 4 is 0 Å². The zero-order valence-corrected chi connectivity index (χ0v) is 12.5. The van der Waals surface area contributed by atoms with E-state index in [1.54, 1.807) is 7.11 Å². The van der Waals surface area contributed by atoms with Crippen LogP contribution in [-0.2, 0) is 4.74 Å². The van der Waals surface area contributed by atoms with Crippen molar-refractivity contribution < 1.29 is 9.47 Å². The Balaban J connectivity index is 2.14. The molecule has 112 valence electrons. The summed E-state index contributed by atoms with van der Waals surface area (Å²) in [6.07, 6.45) is 5.34. The number of hydrogen-bond acceptors (Lipinski definition) is 4. The van der Waals surface area contributed by atoms with Gasteiger partial charge in [-0.25, -0.2) is 0 Å². The minimum absolute atomic E-state index is 0.0189. The third kappa shape index (κ3) is 3.32. The van der Waals surface area contributed by atoms with Crippen molar-refractivity contribution in [3.05, 3.63) is 29.8 Å². The van der Waals surface area contributed by atoms with Crippen molar-refractivity contribution in [2.45, 2.75) is 50.7 Å². The molecule has 1 aromatic carbocycles. The van der Waals surface area contributed by atoms with Crippen molar-refractivity contribution in [3.8, 4) is 5.75 Å². The molecule has 0 aromatic heterocycles. The second kappa shape index (κ2) is 7.07. The van der Waals surface area contributed by atoms with E-state index in [9.17, 15) is 0 Å². The molecule has 0 aliphatic heterocycles. The number of benzene rings is 1. The van der Waals surface area contributed by atoms with E-state index in [4.69, 9.17) is 15.3 Å². The van der Waals surface area contributed by atoms with Gasteiger partial charge in [0.2, 0.25) is 0 Å². The Bertz CT molecular complexity index is 413. The van der Waals surface area contributed by atoms with Crippen LogP contribution in [0.5, 0.6) is 5.75 Å². The van der Waals surface area contributed by atoms with E-state index in [1.165, 1.54) is 6.42 Å². The van der Waals surface area contributed by atoms with Gasteiger partial charge in [0.1, 0.15) is 5.75 Å². The summed E-state index contributed by atoms with van der Waals surface area (Å²) in [5, 5.41) is 0. The van der Waals surface area contributed by atoms with Crippen LogP contribution in [0.25, 0.3) is 0 Å². The summed E-state index contributed by atoms with van der Waals surface area (Å²) in [4.78, 5) is 0. The first-order valence-corrected chi connectivity index (χ1v) is 7.47. The lowest BCUT2D eigenvalue weighted by molar-refractivity contribution is -0.0839. The Kier molecular flexibility index (Phi) is 5.40. The maximum Gasteiger partial charge on any atom is 0.124 e. The van der Waals surface area contributed by atoms with E-state index in [-0.39, 0.29) is 11.6 Å². The molecule has 20 heavy (non-hydrogen) atoms. The van der Waals surface area contributed by atoms with E-state index in [1.807, 2.05) is 18.2 Å². The number of ether oxygens (including phenoxy) is 2. The van der Waals surface area contributed by atoms with Gasteiger partial charge >= 0.3 is 0 Å². The summed E-state index contributed by atoms with van der Waals surface area (Å²) in [6, 6.07) is 8.17. The molecular formula is C16H26N2O2. The van der Waals surface area contributed by atoms with Gasteiger partial charge in [0.25, 0.3) is 0 Å². The topological polar surface area (TPSA) is 56.5 Å². The third-order valence-corrected chi connectivity index (χ3v) is 4.23. The van der Waals surface area contributed by atoms with Gasteiger partial charge in [-0.2, -0.15) is 0 Å². The van der Waals surface area contributed by atoms with Crippen molar-refractivity contribution in [2.75, 3.05) is 13.7 Å². The number of para-hydroxylation sites is 1. The Labute approximate surface area is 121 Å². The highest BCUT2D eigenvalue weighted by Gasteiger charge is 2.39. The molecule has 1 saturated carbocycles. The summed E-state index contributed by atoms with van der Waals surface area (Å²) >= 11 is 0. The molecule has 1 aliphatic carbocycles. The molecule has 4 heteroatoms. The standard InChI is InChI=1S/C16H26N2O2/c1-3-11-20-15-8-5-4-7-13(15)14(18-17)12-16(19-2)9-6-10-16/h4-5,7-8,14,18H,3,6,9-12,17H2,1-2H3. The largest absolute Gasteiger partial charge is 0.493 e. The maximum absolute atomic E-state index is 5.83. The average molecular weight is 278 g/mol. The molecule has 1 aromatic rings. The van der Waals surface area contributed by atoms with Gasteiger partial charge in [-0.15, -0.1) is 0 Å². The molecule has 0 bridgehead atoms. The fourth-order valence-electron chi connectivity index (χ4n) is 2.81. The molecule has 0 amide bonds. The summed E-state index contributed by atoms with van der Waals surface area (Å²) in [5.41, 5.74) is 4.03. The Morgan fingerprint density at radius 3 is 2.65 bits per heavy atom. The molecular weight excluding hydrogens is 252 g/mol. The first kappa shape index (κ1) is 15.3. The number of methoxy groups -OCH3 is 1. The van der Waals surface area contributed by atoms with E-state index in [2.05, 4.69) is 18.4 Å². The monoisotopic (exact) mass is 278 g/mol. The molecule has 1 fully saturated rings. The fourth-order valence-corrected chi connectivity index (χ4v) is 2.81. The highest BCUT2D eigenvalue weighted by Crippen LogP contribution is 2.42. The van der Waals surface area contributed by atoms with Crippen molar-refractivity contribution in [1.82, 2.24) is 5.43 Å². The van der Waals surface area contributed by atoms with Crippen LogP contribution >= 0.6 is 0 Å². The molecule has 3 N–H and O–H groups in total. The summed E-state index contributed by atoms with van der Waals surface area (Å²) < 4.78 is 11.5. The summed E-state index contributed by atoms with van der Waals surface area (Å²) in [6.45, 7) is 2.83. The van der Waals surface area contributed by atoms with E-state index >= 15 is 0 Å². The fraction of sp³-hybridized carbons (Fsp3) is 0.625. The van der Waals surface area contributed by atoms with Gasteiger partial charge in [0.15, 0.2) is 0 Å². The zero-order valence-electron chi connectivity index (χ0n) is 12.5. The van der Waals surface area contributed by atoms with Crippen LogP contribution in [0.3, 0.4) is 0 Å². The summed E-state index contributed by atoms with van der Waals surface area (Å²) in [7, 11) is 1.80. The first-order chi connectivity index (χ1) is 9.74. The van der Waals surface area contributed by atoms with Gasteiger partial charge in [-0.05, 0) is 38.2 Å². The molecule has 1 aliphatic rings. The number of hydrogen-bond donors (Lipinski definition) is 2. The van der Waals surface area contributed by atoms with E-state index in [0.717, 1.165) is 43.6 Å². The van der Waals surface area contributed by atoms with Gasteiger partial charge in [-0.3, -0.25) is 11.3 Å². The quantitative estimate of drug-likeness (QED) is 0.567. The lowest BCUT2D eigenvalue weighted by atomic mass is 9.74. The van der Waals surface area contributed by atoms with Crippen molar-refractivity contribution in [3.63, 3.8) is 0 Å². The van der Waals surface area contributed by atoms with Crippen LogP contribution in [0.1, 0.15) is 50.6 Å². The minimum atomic E-state index is -0.0189. The van der Waals surface area contributed by atoms with Gasteiger partial charge in [0.05, 0.1) is 18.2 Å². The van der Waals surface area contributed by atoms with E-state index in [0.29, 0.717) is 0 Å². The SMILES string of the molecule is CCCOc1ccccc1C(CC1(OC)CCC1)NN. The molecule has 1 atom stereocenters. The van der Waals surface area contributed by atoms with Crippen LogP contribution in [0.15, 0.2) is 24.3 Å². The summed E-state index contributed by atoms with van der Waals surface area (Å²) in [5.74, 6) is 6.70. The molecule has 0 radical (unpaired) electrons. The Hall–Kier alpha value is -1.10. The predicted molar refractivity (Wildman–Crippen MR) is 80.5 cm³/mol. The number of nitrogens with two attached hydrogens (primary N) is 1. The predicted octanol–water partition coefficient (Wildman–Crippen LogP) is 2.94. The highest BCUT2D eigenvalue weighted by molar-refractivity contribution is 5.36. The molecule has 4 nitrogen and oxygen atoms in total. The lowest BCUT2D eigenvalue weighted by Crippen LogP contribution is -2.44. The van der Waals surface area contributed by atoms with Crippen molar-refractivity contribution in [1.29, 1.82) is 0 Å². The van der Waals surface area contributed by atoms with Gasteiger partial charge in [-0.1, -0.05) is 25.1 Å². The molecule has 2 rings (SSSR count). The van der Waals surface area contributed by atoms with Crippen LogP contribution in [0.2, 0.25) is 0 Å². The second-order valence-corrected chi connectivity index (χ2v) is 5.55. The second-order valence-electron chi connectivity index (χ2n) is 5.55. The van der Waals surface area contributed by atoms with Crippen LogP contribution < -0.4 is 16.0 Å². The van der Waals surface area contributed by atoms with Gasteiger partial charge in [0, 0.05) is 12.7 Å². The average Bonchev–Trinajstić information content (AvgIpc) is 2.45. The van der Waals surface area contributed by atoms with Crippen LogP contribution in [0.4, 0.5) is 0 Å². The van der Waals surface area contributed by atoms with Gasteiger partial charge < -0.3 is 9.47 Å². The maximum atomic E-state index is 5.83. The first-order valence-electron chi connectivity index (χ1n) is 7.47. The molecule has 0 heterocycles. The highest BCUT2D eigenvalue weighted by atomic mass is 16.5. The number of rotatable bonds is 8. The molecule has 0 saturated heterocycles. The minimum Gasteiger partial charge on any atom is -0.493 e. The van der Waals surface area contributed by atoms with Crippen molar-refractivity contribution in [2.24, 2.45) is 5.84 Å². The number of nitrogens with one attached hydrogen (secondary N) is 1. The Morgan fingerprint density at radius 2 is 2.10 bits per heavy atom. The third-order valence-electron chi connectivity index (χ3n) is 4.23.